The van der Waals surface area contributed by atoms with Crippen LogP contribution in [0.1, 0.15) is 20.7 Å². The van der Waals surface area contributed by atoms with Crippen LogP contribution in [-0.4, -0.2) is 30.0 Å². The molecule has 5 N–H and O–H groups in total. The monoisotopic (exact) mass is 352 g/mol. The minimum atomic E-state index is -4.71. The Bertz CT molecular complexity index is 895. The van der Waals surface area contributed by atoms with Crippen LogP contribution in [0.4, 0.5) is 5.69 Å². The van der Waals surface area contributed by atoms with E-state index in [0.717, 1.165) is 6.07 Å². The molecule has 24 heavy (non-hydrogen) atoms. The number of carbonyl (C=O) groups is 2. The molecule has 0 saturated heterocycles. The van der Waals surface area contributed by atoms with Gasteiger partial charge in [0.25, 0.3) is 16.0 Å². The van der Waals surface area contributed by atoms with E-state index in [4.69, 9.17) is 20.2 Å². The summed E-state index contributed by atoms with van der Waals surface area (Å²) < 4.78 is 31.3. The molecule has 0 saturated carbocycles. The molecular formula is C14H12N2O7S. The van der Waals surface area contributed by atoms with Gasteiger partial charge in [0, 0.05) is 11.6 Å². The average Bonchev–Trinajstić information content (AvgIpc) is 2.51. The Morgan fingerprint density at radius 3 is 2.29 bits per heavy atom. The second-order valence-electron chi connectivity index (χ2n) is 4.57. The number of hydrogen-bond acceptors (Lipinski definition) is 6. The number of aromatic carboxylic acids is 1. The quantitative estimate of drug-likeness (QED) is 0.352. The van der Waals surface area contributed by atoms with Gasteiger partial charge in [-0.3, -0.25) is 9.35 Å². The second kappa shape index (κ2) is 6.56. The van der Waals surface area contributed by atoms with Crippen molar-refractivity contribution in [2.45, 2.75) is 4.90 Å². The molecule has 2 aromatic carbocycles. The van der Waals surface area contributed by atoms with Crippen LogP contribution < -0.4 is 16.1 Å². The molecule has 126 valence electrons. The largest absolute Gasteiger partial charge is 0.478 e. The number of amides is 1. The van der Waals surface area contributed by atoms with Crippen LogP contribution in [0.25, 0.3) is 0 Å². The number of nitrogens with two attached hydrogens (primary N) is 1. The third-order valence-electron chi connectivity index (χ3n) is 2.91. The van der Waals surface area contributed by atoms with E-state index in [1.165, 1.54) is 12.1 Å². The van der Waals surface area contributed by atoms with Crippen molar-refractivity contribution in [1.82, 2.24) is 5.48 Å². The van der Waals surface area contributed by atoms with Gasteiger partial charge in [-0.15, -0.1) is 0 Å². The highest BCUT2D eigenvalue weighted by molar-refractivity contribution is 7.86. The van der Waals surface area contributed by atoms with E-state index in [1.807, 2.05) is 5.48 Å². The molecule has 0 aliphatic carbocycles. The van der Waals surface area contributed by atoms with E-state index >= 15 is 0 Å². The number of benzene rings is 2. The molecule has 2 rings (SSSR count). The Labute approximate surface area is 136 Å². The molecule has 0 bridgehead atoms. The molecule has 0 unspecified atom stereocenters. The summed E-state index contributed by atoms with van der Waals surface area (Å²) in [6, 6.07) is 9.47. The first-order valence-electron chi connectivity index (χ1n) is 6.36. The van der Waals surface area contributed by atoms with Gasteiger partial charge in [0.1, 0.15) is 10.5 Å². The van der Waals surface area contributed by atoms with Crippen molar-refractivity contribution in [3.63, 3.8) is 0 Å². The van der Waals surface area contributed by atoms with Gasteiger partial charge in [-0.25, -0.2) is 4.79 Å². The van der Waals surface area contributed by atoms with Crippen LogP contribution in [0.5, 0.6) is 5.75 Å². The van der Waals surface area contributed by atoms with E-state index in [9.17, 15) is 18.0 Å². The van der Waals surface area contributed by atoms with Gasteiger partial charge < -0.3 is 15.7 Å². The zero-order valence-electron chi connectivity index (χ0n) is 12.0. The number of rotatable bonds is 5. The highest BCUT2D eigenvalue weighted by atomic mass is 32.2. The molecule has 2 aromatic rings. The Kier molecular flexibility index (Phi) is 4.71. The van der Waals surface area contributed by atoms with E-state index in [2.05, 4.69) is 0 Å². The van der Waals surface area contributed by atoms with Crippen LogP contribution in [0.2, 0.25) is 0 Å². The molecule has 0 radical (unpaired) electrons. The Balaban J connectivity index is 2.32. The first-order valence-corrected chi connectivity index (χ1v) is 7.80. The molecule has 10 heteroatoms. The van der Waals surface area contributed by atoms with Crippen molar-refractivity contribution in [3.8, 4) is 5.75 Å². The molecule has 0 spiro atoms. The lowest BCUT2D eigenvalue weighted by Gasteiger charge is -2.12. The number of carboxylic acids is 1. The smallest absolute Gasteiger partial charge is 0.339 e. The normalized spacial score (nSPS) is 10.9. The number of hydrogen-bond donors (Lipinski definition) is 4. The minimum absolute atomic E-state index is 0.261. The molecule has 0 aliphatic heterocycles. The molecule has 0 aromatic heterocycles. The summed E-state index contributed by atoms with van der Waals surface area (Å²) in [6.07, 6.45) is 0. The Hall–Kier alpha value is -3.11. The third-order valence-corrected chi connectivity index (χ3v) is 3.82. The average molecular weight is 352 g/mol. The summed E-state index contributed by atoms with van der Waals surface area (Å²) in [7, 11) is -4.71. The summed E-state index contributed by atoms with van der Waals surface area (Å²) in [5.41, 5.74) is 6.71. The third kappa shape index (κ3) is 3.80. The van der Waals surface area contributed by atoms with E-state index in [-0.39, 0.29) is 5.56 Å². The van der Waals surface area contributed by atoms with Crippen molar-refractivity contribution in [2.75, 3.05) is 5.73 Å². The Morgan fingerprint density at radius 1 is 1.12 bits per heavy atom. The van der Waals surface area contributed by atoms with Gasteiger partial charge in [0.05, 0.1) is 5.69 Å². The van der Waals surface area contributed by atoms with Gasteiger partial charge in [0.15, 0.2) is 5.75 Å². The summed E-state index contributed by atoms with van der Waals surface area (Å²) in [5, 5.41) is 9.12. The first kappa shape index (κ1) is 17.2. The SMILES string of the molecule is Nc1cc(ONC(=O)c2ccccc2)c(C(=O)O)cc1S(=O)(=O)O. The van der Waals surface area contributed by atoms with Crippen LogP contribution in [0.3, 0.4) is 0 Å². The summed E-state index contributed by atoms with van der Waals surface area (Å²) in [6.45, 7) is 0. The number of carbonyl (C=O) groups excluding carboxylic acids is 1. The predicted molar refractivity (Wildman–Crippen MR) is 82.2 cm³/mol. The van der Waals surface area contributed by atoms with E-state index in [1.54, 1.807) is 18.2 Å². The number of nitrogen functional groups attached to an aromatic ring is 1. The summed E-state index contributed by atoms with van der Waals surface area (Å²) >= 11 is 0. The minimum Gasteiger partial charge on any atom is -0.478 e. The lowest BCUT2D eigenvalue weighted by Crippen LogP contribution is -2.27. The van der Waals surface area contributed by atoms with Crippen molar-refractivity contribution in [3.05, 3.63) is 53.6 Å². The topological polar surface area (TPSA) is 156 Å². The zero-order valence-corrected chi connectivity index (χ0v) is 12.8. The molecule has 9 nitrogen and oxygen atoms in total. The maximum Gasteiger partial charge on any atom is 0.339 e. The summed E-state index contributed by atoms with van der Waals surface area (Å²) in [5.74, 6) is -2.58. The molecular weight excluding hydrogens is 340 g/mol. The number of anilines is 1. The lowest BCUT2D eigenvalue weighted by molar-refractivity contribution is 0.0666. The van der Waals surface area contributed by atoms with Gasteiger partial charge in [0.2, 0.25) is 0 Å². The van der Waals surface area contributed by atoms with Gasteiger partial charge in [-0.2, -0.15) is 13.9 Å². The first-order chi connectivity index (χ1) is 11.2. The highest BCUT2D eigenvalue weighted by Gasteiger charge is 2.22. The molecule has 1 amide bonds. The van der Waals surface area contributed by atoms with Crippen molar-refractivity contribution in [1.29, 1.82) is 0 Å². The lowest BCUT2D eigenvalue weighted by atomic mass is 10.2. The standard InChI is InChI=1S/C14H12N2O7S/c15-10-7-11(9(14(18)19)6-12(10)24(20,21)22)23-16-13(17)8-4-2-1-3-5-8/h1-7H,15H2,(H,16,17)(H,18,19)(H,20,21,22). The Morgan fingerprint density at radius 2 is 1.75 bits per heavy atom. The fourth-order valence-electron chi connectivity index (χ4n) is 1.80. The van der Waals surface area contributed by atoms with Gasteiger partial charge >= 0.3 is 5.97 Å². The van der Waals surface area contributed by atoms with Crippen molar-refractivity contribution >= 4 is 27.7 Å². The summed E-state index contributed by atoms with van der Waals surface area (Å²) in [4.78, 5) is 27.2. The fourth-order valence-corrected chi connectivity index (χ4v) is 2.42. The van der Waals surface area contributed by atoms with E-state index < -0.39 is 43.9 Å². The maximum atomic E-state index is 11.9. The molecule has 0 fully saturated rings. The van der Waals surface area contributed by atoms with Gasteiger partial charge in [-0.05, 0) is 18.2 Å². The van der Waals surface area contributed by atoms with Crippen molar-refractivity contribution in [2.24, 2.45) is 0 Å². The fraction of sp³-hybridized carbons (Fsp3) is 0. The van der Waals surface area contributed by atoms with Gasteiger partial charge in [-0.1, -0.05) is 18.2 Å². The molecule has 0 atom stereocenters. The van der Waals surface area contributed by atoms with Crippen molar-refractivity contribution < 1.29 is 32.5 Å². The number of carboxylic acid groups (broad SMARTS) is 1. The number of hydroxylamine groups is 1. The highest BCUT2D eigenvalue weighted by Crippen LogP contribution is 2.28. The van der Waals surface area contributed by atoms with E-state index in [0.29, 0.717) is 6.07 Å². The van der Waals surface area contributed by atoms with Crippen LogP contribution >= 0.6 is 0 Å². The van der Waals surface area contributed by atoms with Crippen LogP contribution in [-0.2, 0) is 10.1 Å². The maximum absolute atomic E-state index is 11.9. The van der Waals surface area contributed by atoms with Crippen LogP contribution in [0.15, 0.2) is 47.4 Å². The number of nitrogens with one attached hydrogen (secondary N) is 1. The predicted octanol–water partition coefficient (Wildman–Crippen LogP) is 0.938. The van der Waals surface area contributed by atoms with Crippen LogP contribution in [0, 0.1) is 0 Å². The molecule has 0 heterocycles. The zero-order chi connectivity index (χ0) is 17.9. The second-order valence-corrected chi connectivity index (χ2v) is 5.96. The molecule has 0 aliphatic rings.